The SMILES string of the molecule is COCCN(C)c1cccc(CN2C(=O)c3cccc(c3)S(=O)(=O)Nc3nc(cc(-c4c(C)cccc4C)n3)OC[C@H]2CC(C)(C)C)n1. The van der Waals surface area contributed by atoms with Gasteiger partial charge in [-0.3, -0.25) is 4.79 Å². The summed E-state index contributed by atoms with van der Waals surface area (Å²) in [6, 6.07) is 19.0. The van der Waals surface area contributed by atoms with E-state index in [9.17, 15) is 13.2 Å². The zero-order valence-corrected chi connectivity index (χ0v) is 29.5. The molecule has 1 atom stereocenters. The third-order valence-corrected chi connectivity index (χ3v) is 9.50. The van der Waals surface area contributed by atoms with Gasteiger partial charge in [0.1, 0.15) is 12.4 Å². The maximum atomic E-state index is 14.5. The number of anilines is 2. The number of amides is 1. The molecule has 4 aromatic rings. The molecule has 0 saturated carbocycles. The molecule has 2 aromatic carbocycles. The summed E-state index contributed by atoms with van der Waals surface area (Å²) in [6.45, 7) is 11.8. The van der Waals surface area contributed by atoms with E-state index in [1.165, 1.54) is 12.1 Å². The summed E-state index contributed by atoms with van der Waals surface area (Å²) in [5.74, 6) is 0.484. The van der Waals surface area contributed by atoms with Crippen molar-refractivity contribution in [3.05, 3.63) is 89.1 Å². The third kappa shape index (κ3) is 8.29. The third-order valence-electron chi connectivity index (χ3n) is 8.18. The quantitative estimate of drug-likeness (QED) is 0.244. The van der Waals surface area contributed by atoms with Gasteiger partial charge in [-0.15, -0.1) is 0 Å². The second-order valence-corrected chi connectivity index (χ2v) is 15.1. The van der Waals surface area contributed by atoms with Crippen molar-refractivity contribution in [2.75, 3.05) is 43.5 Å². The average molecular weight is 673 g/mol. The number of hydrogen-bond acceptors (Lipinski definition) is 9. The molecule has 3 heterocycles. The van der Waals surface area contributed by atoms with E-state index in [0.29, 0.717) is 31.0 Å². The normalized spacial score (nSPS) is 16.2. The number of nitrogens with zero attached hydrogens (tertiary/aromatic N) is 5. The largest absolute Gasteiger partial charge is 0.475 e. The summed E-state index contributed by atoms with van der Waals surface area (Å²) < 4.78 is 41.5. The van der Waals surface area contributed by atoms with Gasteiger partial charge in [-0.1, -0.05) is 51.1 Å². The van der Waals surface area contributed by atoms with Crippen LogP contribution in [-0.2, 0) is 21.3 Å². The van der Waals surface area contributed by atoms with E-state index in [4.69, 9.17) is 14.5 Å². The van der Waals surface area contributed by atoms with Crippen molar-refractivity contribution in [2.24, 2.45) is 5.41 Å². The summed E-state index contributed by atoms with van der Waals surface area (Å²) in [5, 5.41) is 0. The number of likely N-dealkylation sites (N-methyl/N-ethyl adjacent to an activating group) is 1. The lowest BCUT2D eigenvalue weighted by atomic mass is 9.87. The fourth-order valence-corrected chi connectivity index (χ4v) is 6.82. The first-order valence-corrected chi connectivity index (χ1v) is 17.4. The highest BCUT2D eigenvalue weighted by atomic mass is 32.2. The van der Waals surface area contributed by atoms with Crippen LogP contribution in [0.1, 0.15) is 54.4 Å². The minimum absolute atomic E-state index is 0.0802. The first-order valence-electron chi connectivity index (χ1n) is 15.9. The fourth-order valence-electron chi connectivity index (χ4n) is 5.83. The van der Waals surface area contributed by atoms with Gasteiger partial charge in [0.15, 0.2) is 0 Å². The Kier molecular flexibility index (Phi) is 10.4. The number of ether oxygens (including phenoxy) is 2. The molecule has 48 heavy (non-hydrogen) atoms. The van der Waals surface area contributed by atoms with Crippen LogP contribution in [0.15, 0.2) is 71.6 Å². The van der Waals surface area contributed by atoms with Gasteiger partial charge in [-0.05, 0) is 67.1 Å². The van der Waals surface area contributed by atoms with Gasteiger partial charge in [0, 0.05) is 37.9 Å². The van der Waals surface area contributed by atoms with E-state index in [1.54, 1.807) is 30.2 Å². The topological polar surface area (TPSA) is 127 Å². The van der Waals surface area contributed by atoms with Crippen LogP contribution in [0.2, 0.25) is 0 Å². The number of hydrogen-bond donors (Lipinski definition) is 1. The number of nitrogens with one attached hydrogen (secondary N) is 1. The summed E-state index contributed by atoms with van der Waals surface area (Å²) in [6.07, 6.45) is 0.587. The number of carbonyl (C=O) groups is 1. The Morgan fingerprint density at radius 3 is 2.42 bits per heavy atom. The Bertz CT molecular complexity index is 1870. The molecule has 0 spiro atoms. The lowest BCUT2D eigenvalue weighted by molar-refractivity contribution is 0.0509. The van der Waals surface area contributed by atoms with Gasteiger partial charge in [0.05, 0.1) is 35.5 Å². The van der Waals surface area contributed by atoms with E-state index >= 15 is 0 Å². The first kappa shape index (κ1) is 34.8. The monoisotopic (exact) mass is 672 g/mol. The molecule has 0 radical (unpaired) electrons. The van der Waals surface area contributed by atoms with E-state index in [0.717, 1.165) is 22.5 Å². The average Bonchev–Trinajstić information content (AvgIpc) is 3.03. The second kappa shape index (κ2) is 14.3. The Labute approximate surface area is 283 Å². The predicted octanol–water partition coefficient (Wildman–Crippen LogP) is 5.88. The molecule has 12 heteroatoms. The molecule has 1 aliphatic rings. The molecule has 1 N–H and O–H groups in total. The standard InChI is InChI=1S/C36H44N6O5S/c1-24-11-8-12-25(2)33(24)30-20-32-39-35(38-30)40-48(44,45)29-15-9-13-26(19-29)34(43)42(28(23-47-32)21-36(3,4)5)22-27-14-10-16-31(37-27)41(6)17-18-46-7/h8-16,19-20,28H,17-18,21-23H2,1-7H3,(H,38,39,40)/t28-/m1/s1. The number of benzene rings is 2. The number of rotatable bonds is 8. The Hall–Kier alpha value is -4.55. The first-order chi connectivity index (χ1) is 22.7. The van der Waals surface area contributed by atoms with Gasteiger partial charge in [-0.2, -0.15) is 4.98 Å². The highest BCUT2D eigenvalue weighted by Gasteiger charge is 2.32. The second-order valence-electron chi connectivity index (χ2n) is 13.4. The van der Waals surface area contributed by atoms with Crippen molar-refractivity contribution >= 4 is 27.7 Å². The molecule has 4 bridgehead atoms. The van der Waals surface area contributed by atoms with E-state index in [2.05, 4.69) is 35.5 Å². The summed E-state index contributed by atoms with van der Waals surface area (Å²) in [4.78, 5) is 32.1. The van der Waals surface area contributed by atoms with Crippen LogP contribution >= 0.6 is 0 Å². The molecule has 5 rings (SSSR count). The molecule has 1 amide bonds. The number of fused-ring (bicyclic) bond motifs is 4. The molecule has 0 unspecified atom stereocenters. The Balaban J connectivity index is 1.64. The van der Waals surface area contributed by atoms with Gasteiger partial charge >= 0.3 is 0 Å². The molecular formula is C36H44N6O5S. The summed E-state index contributed by atoms with van der Waals surface area (Å²) in [7, 11) is -0.578. The Morgan fingerprint density at radius 1 is 1.00 bits per heavy atom. The van der Waals surface area contributed by atoms with Crippen LogP contribution in [0.5, 0.6) is 5.88 Å². The van der Waals surface area contributed by atoms with Crippen molar-refractivity contribution in [1.29, 1.82) is 0 Å². The van der Waals surface area contributed by atoms with Crippen LogP contribution in [0.3, 0.4) is 0 Å². The van der Waals surface area contributed by atoms with Gasteiger partial charge < -0.3 is 19.3 Å². The van der Waals surface area contributed by atoms with Gasteiger partial charge in [0.25, 0.3) is 15.9 Å². The minimum atomic E-state index is -4.17. The molecule has 0 aliphatic carbocycles. The molecule has 254 valence electrons. The zero-order chi connectivity index (χ0) is 34.6. The van der Waals surface area contributed by atoms with Crippen LogP contribution in [0.25, 0.3) is 11.3 Å². The fraction of sp³-hybridized carbons (Fsp3) is 0.389. The lowest BCUT2D eigenvalue weighted by Crippen LogP contribution is -2.45. The number of aryl methyl sites for hydroxylation is 2. The molecule has 0 fully saturated rings. The predicted molar refractivity (Wildman–Crippen MR) is 187 cm³/mol. The smallest absolute Gasteiger partial charge is 0.264 e. The van der Waals surface area contributed by atoms with Crippen molar-refractivity contribution in [3.8, 4) is 17.1 Å². The number of pyridine rings is 1. The summed E-state index contributed by atoms with van der Waals surface area (Å²) in [5.41, 5.74) is 4.06. The molecule has 2 aromatic heterocycles. The maximum absolute atomic E-state index is 14.5. The number of methoxy groups -OCH3 is 1. The lowest BCUT2D eigenvalue weighted by Gasteiger charge is -2.35. The summed E-state index contributed by atoms with van der Waals surface area (Å²) >= 11 is 0. The highest BCUT2D eigenvalue weighted by molar-refractivity contribution is 7.92. The van der Waals surface area contributed by atoms with Crippen molar-refractivity contribution in [2.45, 2.75) is 58.5 Å². The number of carbonyl (C=O) groups excluding carboxylic acids is 1. The van der Waals surface area contributed by atoms with Crippen molar-refractivity contribution in [3.63, 3.8) is 0 Å². The number of aromatic nitrogens is 3. The molecule has 11 nitrogen and oxygen atoms in total. The van der Waals surface area contributed by atoms with Crippen molar-refractivity contribution in [1.82, 2.24) is 19.9 Å². The molecule has 0 saturated heterocycles. The number of sulfonamides is 1. The van der Waals surface area contributed by atoms with Crippen LogP contribution < -0.4 is 14.4 Å². The van der Waals surface area contributed by atoms with Crippen LogP contribution in [-0.4, -0.2) is 74.1 Å². The van der Waals surface area contributed by atoms with Gasteiger partial charge in [0.2, 0.25) is 11.8 Å². The molecular weight excluding hydrogens is 628 g/mol. The van der Waals surface area contributed by atoms with Gasteiger partial charge in [-0.25, -0.2) is 23.1 Å². The molecule has 1 aliphatic heterocycles. The van der Waals surface area contributed by atoms with Crippen molar-refractivity contribution < 1.29 is 22.7 Å². The van der Waals surface area contributed by atoms with E-state index < -0.39 is 16.1 Å². The van der Waals surface area contributed by atoms with E-state index in [1.807, 2.05) is 62.2 Å². The van der Waals surface area contributed by atoms with E-state index in [-0.39, 0.29) is 46.8 Å². The van der Waals surface area contributed by atoms with Crippen LogP contribution in [0.4, 0.5) is 11.8 Å². The van der Waals surface area contributed by atoms with Crippen LogP contribution in [0, 0.1) is 19.3 Å². The minimum Gasteiger partial charge on any atom is -0.475 e. The zero-order valence-electron chi connectivity index (χ0n) is 28.6. The Morgan fingerprint density at radius 2 is 1.71 bits per heavy atom. The maximum Gasteiger partial charge on any atom is 0.264 e. The highest BCUT2D eigenvalue weighted by Crippen LogP contribution is 2.32.